The first-order valence-corrected chi connectivity index (χ1v) is 7.73. The third-order valence-electron chi connectivity index (χ3n) is 3.69. The Kier molecular flexibility index (Phi) is 3.68. The van der Waals surface area contributed by atoms with Gasteiger partial charge in [0.25, 0.3) is 0 Å². The van der Waals surface area contributed by atoms with Crippen molar-refractivity contribution in [2.75, 3.05) is 0 Å². The van der Waals surface area contributed by atoms with Crippen molar-refractivity contribution >= 4 is 11.3 Å². The highest BCUT2D eigenvalue weighted by Gasteiger charge is 2.23. The average molecular weight is 276 g/mol. The third kappa shape index (κ3) is 2.33. The van der Waals surface area contributed by atoms with E-state index in [-0.39, 0.29) is 6.04 Å². The van der Waals surface area contributed by atoms with E-state index in [1.807, 2.05) is 23.7 Å². The van der Waals surface area contributed by atoms with Crippen molar-refractivity contribution in [3.63, 3.8) is 0 Å². The van der Waals surface area contributed by atoms with Crippen LogP contribution in [0.1, 0.15) is 46.9 Å². The van der Waals surface area contributed by atoms with Crippen LogP contribution in [0.15, 0.2) is 18.5 Å². The molecule has 4 nitrogen and oxygen atoms in total. The van der Waals surface area contributed by atoms with E-state index in [1.54, 1.807) is 0 Å². The Morgan fingerprint density at radius 3 is 3.16 bits per heavy atom. The number of nitrogens with zero attached hydrogens (tertiary/aromatic N) is 2. The molecule has 3 N–H and O–H groups in total. The molecule has 0 amide bonds. The molecule has 3 rings (SSSR count). The molecule has 1 unspecified atom stereocenters. The van der Waals surface area contributed by atoms with Gasteiger partial charge in [0.2, 0.25) is 0 Å². The fourth-order valence-electron chi connectivity index (χ4n) is 2.79. The van der Waals surface area contributed by atoms with E-state index in [0.717, 1.165) is 18.8 Å². The minimum Gasteiger partial charge on any atom is -0.333 e. The van der Waals surface area contributed by atoms with Gasteiger partial charge in [-0.15, -0.1) is 11.3 Å². The number of hydrogen-bond acceptors (Lipinski definition) is 4. The summed E-state index contributed by atoms with van der Waals surface area (Å²) in [5.41, 5.74) is 4.44. The molecule has 0 saturated heterocycles. The molecular weight excluding hydrogens is 256 g/mol. The molecule has 0 spiro atoms. The second-order valence-corrected chi connectivity index (χ2v) is 6.20. The standard InChI is InChI=1S/C14H20N4S/c1-2-7-18-8-6-16-14(18)13(17-15)12-9-10-4-3-5-11(10)19-12/h6,8-9,13,17H,2-5,7,15H2,1H3. The molecule has 1 aliphatic rings. The molecule has 0 aliphatic heterocycles. The summed E-state index contributed by atoms with van der Waals surface area (Å²) in [6, 6.07) is 2.32. The molecule has 5 heteroatoms. The third-order valence-corrected chi connectivity index (χ3v) is 4.99. The predicted molar refractivity (Wildman–Crippen MR) is 78.0 cm³/mol. The minimum absolute atomic E-state index is 0.0112. The summed E-state index contributed by atoms with van der Waals surface area (Å²) in [5, 5.41) is 0. The van der Waals surface area contributed by atoms with Crippen LogP contribution >= 0.6 is 11.3 Å². The minimum atomic E-state index is 0.0112. The summed E-state index contributed by atoms with van der Waals surface area (Å²) < 4.78 is 2.19. The van der Waals surface area contributed by atoms with Gasteiger partial charge in [0.05, 0.1) is 0 Å². The van der Waals surface area contributed by atoms with Crippen LogP contribution in [0, 0.1) is 0 Å². The number of aromatic nitrogens is 2. The molecule has 1 atom stereocenters. The lowest BCUT2D eigenvalue weighted by Gasteiger charge is -2.16. The Hall–Kier alpha value is -1.17. The molecule has 0 bridgehead atoms. The van der Waals surface area contributed by atoms with Crippen molar-refractivity contribution in [2.24, 2.45) is 5.84 Å². The van der Waals surface area contributed by atoms with E-state index in [9.17, 15) is 0 Å². The smallest absolute Gasteiger partial charge is 0.132 e. The Labute approximate surface area is 117 Å². The Morgan fingerprint density at radius 1 is 1.53 bits per heavy atom. The molecule has 2 aromatic rings. The Balaban J connectivity index is 1.92. The number of imidazole rings is 1. The lowest BCUT2D eigenvalue weighted by Crippen LogP contribution is -2.30. The number of rotatable bonds is 5. The molecule has 0 radical (unpaired) electrons. The summed E-state index contributed by atoms with van der Waals surface area (Å²) in [6.45, 7) is 3.16. The van der Waals surface area contributed by atoms with Gasteiger partial charge in [0.1, 0.15) is 11.9 Å². The second kappa shape index (κ2) is 5.45. The zero-order chi connectivity index (χ0) is 13.2. The summed E-state index contributed by atoms with van der Waals surface area (Å²) in [5.74, 6) is 6.80. The number of fused-ring (bicyclic) bond motifs is 1. The Morgan fingerprint density at radius 2 is 2.42 bits per heavy atom. The highest BCUT2D eigenvalue weighted by atomic mass is 32.1. The molecular formula is C14H20N4S. The van der Waals surface area contributed by atoms with Crippen LogP contribution in [0.5, 0.6) is 0 Å². The molecule has 19 heavy (non-hydrogen) atoms. The highest BCUT2D eigenvalue weighted by molar-refractivity contribution is 7.12. The topological polar surface area (TPSA) is 55.9 Å². The van der Waals surface area contributed by atoms with Crippen LogP contribution in [0.25, 0.3) is 0 Å². The van der Waals surface area contributed by atoms with Gasteiger partial charge in [-0.1, -0.05) is 6.92 Å². The van der Waals surface area contributed by atoms with Gasteiger partial charge >= 0.3 is 0 Å². The van der Waals surface area contributed by atoms with Gasteiger partial charge in [-0.2, -0.15) is 0 Å². The van der Waals surface area contributed by atoms with Crippen molar-refractivity contribution in [3.8, 4) is 0 Å². The maximum absolute atomic E-state index is 5.78. The number of hydrazine groups is 1. The summed E-state index contributed by atoms with van der Waals surface area (Å²) in [7, 11) is 0. The van der Waals surface area contributed by atoms with Crippen molar-refractivity contribution in [2.45, 2.75) is 45.2 Å². The Bertz CT molecular complexity index is 536. The highest BCUT2D eigenvalue weighted by Crippen LogP contribution is 2.35. The first-order valence-electron chi connectivity index (χ1n) is 6.92. The van der Waals surface area contributed by atoms with E-state index in [2.05, 4.69) is 28.0 Å². The number of aryl methyl sites for hydroxylation is 3. The van der Waals surface area contributed by atoms with Crippen LogP contribution < -0.4 is 11.3 Å². The second-order valence-electron chi connectivity index (χ2n) is 5.03. The molecule has 0 fully saturated rings. The maximum Gasteiger partial charge on any atom is 0.132 e. The fraction of sp³-hybridized carbons (Fsp3) is 0.500. The van der Waals surface area contributed by atoms with Crippen molar-refractivity contribution in [3.05, 3.63) is 39.6 Å². The lowest BCUT2D eigenvalue weighted by atomic mass is 10.2. The maximum atomic E-state index is 5.78. The molecule has 2 aromatic heterocycles. The van der Waals surface area contributed by atoms with Crippen molar-refractivity contribution in [1.29, 1.82) is 0 Å². The predicted octanol–water partition coefficient (Wildman–Crippen LogP) is 2.40. The normalized spacial score (nSPS) is 15.7. The van der Waals surface area contributed by atoms with Gasteiger partial charge < -0.3 is 4.57 Å². The van der Waals surface area contributed by atoms with Gasteiger partial charge in [0, 0.05) is 28.7 Å². The number of thiophene rings is 1. The van der Waals surface area contributed by atoms with E-state index in [0.29, 0.717) is 0 Å². The molecule has 2 heterocycles. The lowest BCUT2D eigenvalue weighted by molar-refractivity contribution is 0.550. The average Bonchev–Trinajstić information content (AvgIpc) is 3.07. The molecule has 0 aromatic carbocycles. The zero-order valence-corrected chi connectivity index (χ0v) is 12.0. The van der Waals surface area contributed by atoms with Gasteiger partial charge in [-0.05, 0) is 37.3 Å². The monoisotopic (exact) mass is 276 g/mol. The van der Waals surface area contributed by atoms with Crippen LogP contribution in [0.4, 0.5) is 0 Å². The van der Waals surface area contributed by atoms with E-state index < -0.39 is 0 Å². The van der Waals surface area contributed by atoms with Crippen LogP contribution in [-0.4, -0.2) is 9.55 Å². The molecule has 0 saturated carbocycles. The summed E-state index contributed by atoms with van der Waals surface area (Å²) in [4.78, 5) is 7.31. The first-order chi connectivity index (χ1) is 9.33. The quantitative estimate of drug-likeness (QED) is 0.651. The van der Waals surface area contributed by atoms with Gasteiger partial charge in [0.15, 0.2) is 0 Å². The van der Waals surface area contributed by atoms with E-state index in [4.69, 9.17) is 5.84 Å². The first kappa shape index (κ1) is 12.8. The van der Waals surface area contributed by atoms with Crippen LogP contribution in [0.3, 0.4) is 0 Å². The number of nitrogens with two attached hydrogens (primary N) is 1. The van der Waals surface area contributed by atoms with Gasteiger partial charge in [-0.25, -0.2) is 10.4 Å². The number of hydrogen-bond donors (Lipinski definition) is 2. The summed E-state index contributed by atoms with van der Waals surface area (Å²) >= 11 is 1.88. The number of nitrogens with one attached hydrogen (secondary N) is 1. The van der Waals surface area contributed by atoms with E-state index >= 15 is 0 Å². The largest absolute Gasteiger partial charge is 0.333 e. The van der Waals surface area contributed by atoms with Crippen LogP contribution in [-0.2, 0) is 19.4 Å². The van der Waals surface area contributed by atoms with Crippen LogP contribution in [0.2, 0.25) is 0 Å². The van der Waals surface area contributed by atoms with Gasteiger partial charge in [-0.3, -0.25) is 5.84 Å². The fourth-order valence-corrected chi connectivity index (χ4v) is 4.10. The zero-order valence-electron chi connectivity index (χ0n) is 11.2. The molecule has 102 valence electrons. The van der Waals surface area contributed by atoms with Crippen molar-refractivity contribution < 1.29 is 0 Å². The SMILES string of the molecule is CCCn1ccnc1C(NN)c1cc2c(s1)CCC2. The molecule has 1 aliphatic carbocycles. The van der Waals surface area contributed by atoms with E-state index in [1.165, 1.54) is 34.6 Å². The van der Waals surface area contributed by atoms with Crippen molar-refractivity contribution in [1.82, 2.24) is 15.0 Å². The summed E-state index contributed by atoms with van der Waals surface area (Å²) in [6.07, 6.45) is 8.72.